The molecule has 2 aromatic carbocycles. The van der Waals surface area contributed by atoms with Crippen LogP contribution in [0.2, 0.25) is 0 Å². The number of aromatic hydroxyl groups is 1. The first kappa shape index (κ1) is 22.3. The molecule has 0 spiro atoms. The van der Waals surface area contributed by atoms with Crippen LogP contribution in [0.5, 0.6) is 17.2 Å². The molecular formula is C24H24N2O7. The van der Waals surface area contributed by atoms with E-state index in [0.717, 1.165) is 5.56 Å². The Kier molecular flexibility index (Phi) is 6.04. The van der Waals surface area contributed by atoms with Gasteiger partial charge >= 0.3 is 5.69 Å². The third-order valence-corrected chi connectivity index (χ3v) is 6.08. The average molecular weight is 452 g/mol. The van der Waals surface area contributed by atoms with Crippen molar-refractivity contribution in [1.29, 1.82) is 0 Å². The van der Waals surface area contributed by atoms with Crippen molar-refractivity contribution in [3.05, 3.63) is 68.9 Å². The SMILES string of the molecule is CCOc1cc(C2CC(=O)NC3=C2C(=O)CC(c2cccc(OC)c2)C3)cc([N+](=O)[O-])c1O. The van der Waals surface area contributed by atoms with Gasteiger partial charge in [0.15, 0.2) is 11.5 Å². The fraction of sp³-hybridized carbons (Fsp3) is 0.333. The number of phenolic OH excluding ortho intramolecular Hbond substituents is 1. The molecule has 2 aromatic rings. The number of allylic oxidation sites excluding steroid dienone is 2. The van der Waals surface area contributed by atoms with Crippen molar-refractivity contribution in [1.82, 2.24) is 5.32 Å². The summed E-state index contributed by atoms with van der Waals surface area (Å²) in [5.74, 6) is -1.12. The van der Waals surface area contributed by atoms with Crippen molar-refractivity contribution in [2.24, 2.45) is 0 Å². The Balaban J connectivity index is 1.76. The predicted molar refractivity (Wildman–Crippen MR) is 118 cm³/mol. The molecule has 1 aliphatic heterocycles. The molecule has 0 radical (unpaired) electrons. The van der Waals surface area contributed by atoms with Crippen LogP contribution in [0.4, 0.5) is 5.69 Å². The molecule has 2 unspecified atom stereocenters. The van der Waals surface area contributed by atoms with Crippen molar-refractivity contribution in [2.75, 3.05) is 13.7 Å². The molecule has 0 aromatic heterocycles. The van der Waals surface area contributed by atoms with E-state index in [1.54, 1.807) is 14.0 Å². The summed E-state index contributed by atoms with van der Waals surface area (Å²) in [7, 11) is 1.57. The Morgan fingerprint density at radius 3 is 2.64 bits per heavy atom. The Bertz CT molecular complexity index is 1170. The monoisotopic (exact) mass is 452 g/mol. The quantitative estimate of drug-likeness (QED) is 0.505. The van der Waals surface area contributed by atoms with Crippen LogP contribution in [0.3, 0.4) is 0 Å². The van der Waals surface area contributed by atoms with E-state index < -0.39 is 22.3 Å². The number of phenols is 1. The van der Waals surface area contributed by atoms with Gasteiger partial charge in [0.05, 0.1) is 18.6 Å². The van der Waals surface area contributed by atoms with Crippen LogP contribution in [0, 0.1) is 10.1 Å². The highest BCUT2D eigenvalue weighted by molar-refractivity contribution is 6.02. The second-order valence-corrected chi connectivity index (χ2v) is 8.08. The van der Waals surface area contributed by atoms with Gasteiger partial charge in [-0.1, -0.05) is 12.1 Å². The molecular weight excluding hydrogens is 428 g/mol. The number of carbonyl (C=O) groups excluding carboxylic acids is 2. The third kappa shape index (κ3) is 4.26. The van der Waals surface area contributed by atoms with E-state index >= 15 is 0 Å². The molecule has 2 N–H and O–H groups in total. The standard InChI is InChI=1S/C24H24N2O7/c1-3-33-21-11-15(9-19(24(21)29)26(30)31)17-12-22(28)25-18-8-14(10-20(27)23(17)18)13-5-4-6-16(7-13)32-2/h4-7,9,11,14,17,29H,3,8,10,12H2,1-2H3,(H,25,28). The lowest BCUT2D eigenvalue weighted by atomic mass is 9.73. The number of ether oxygens (including phenoxy) is 2. The van der Waals surface area contributed by atoms with E-state index in [1.165, 1.54) is 12.1 Å². The highest BCUT2D eigenvalue weighted by Crippen LogP contribution is 2.46. The second-order valence-electron chi connectivity index (χ2n) is 8.08. The molecule has 4 rings (SSSR count). The zero-order valence-corrected chi connectivity index (χ0v) is 18.3. The summed E-state index contributed by atoms with van der Waals surface area (Å²) in [6, 6.07) is 10.2. The lowest BCUT2D eigenvalue weighted by Gasteiger charge is -2.34. The predicted octanol–water partition coefficient (Wildman–Crippen LogP) is 3.71. The van der Waals surface area contributed by atoms with E-state index in [0.29, 0.717) is 29.0 Å². The number of ketones is 1. The van der Waals surface area contributed by atoms with Crippen LogP contribution in [0.1, 0.15) is 49.1 Å². The number of nitrogens with zero attached hydrogens (tertiary/aromatic N) is 1. The van der Waals surface area contributed by atoms with Crippen LogP contribution < -0.4 is 14.8 Å². The number of carbonyl (C=O) groups is 2. The van der Waals surface area contributed by atoms with Gasteiger partial charge < -0.3 is 19.9 Å². The summed E-state index contributed by atoms with van der Waals surface area (Å²) in [5, 5.41) is 24.6. The topological polar surface area (TPSA) is 128 Å². The zero-order valence-electron chi connectivity index (χ0n) is 18.3. The van der Waals surface area contributed by atoms with E-state index in [4.69, 9.17) is 9.47 Å². The van der Waals surface area contributed by atoms with Crippen molar-refractivity contribution in [2.45, 2.75) is 38.0 Å². The van der Waals surface area contributed by atoms with E-state index in [9.17, 15) is 24.8 Å². The summed E-state index contributed by atoms with van der Waals surface area (Å²) in [5.41, 5.74) is 1.79. The van der Waals surface area contributed by atoms with E-state index in [2.05, 4.69) is 5.32 Å². The molecule has 0 fully saturated rings. The van der Waals surface area contributed by atoms with Gasteiger partial charge in [0.25, 0.3) is 0 Å². The third-order valence-electron chi connectivity index (χ3n) is 6.08. The van der Waals surface area contributed by atoms with Crippen molar-refractivity contribution in [3.8, 4) is 17.2 Å². The van der Waals surface area contributed by atoms with Crippen LogP contribution in [0.15, 0.2) is 47.7 Å². The lowest BCUT2D eigenvalue weighted by Crippen LogP contribution is -2.38. The number of hydrogen-bond donors (Lipinski definition) is 2. The Morgan fingerprint density at radius 2 is 1.94 bits per heavy atom. The number of nitrogens with one attached hydrogen (secondary N) is 1. The maximum Gasteiger partial charge on any atom is 0.314 e. The van der Waals surface area contributed by atoms with Crippen molar-refractivity contribution >= 4 is 17.4 Å². The highest BCUT2D eigenvalue weighted by Gasteiger charge is 2.39. The highest BCUT2D eigenvalue weighted by atomic mass is 16.6. The smallest absolute Gasteiger partial charge is 0.314 e. The molecule has 2 atom stereocenters. The largest absolute Gasteiger partial charge is 0.500 e. The number of amides is 1. The van der Waals surface area contributed by atoms with Gasteiger partial charge in [-0.25, -0.2) is 0 Å². The first-order chi connectivity index (χ1) is 15.8. The Morgan fingerprint density at radius 1 is 1.15 bits per heavy atom. The Labute approximate surface area is 190 Å². The lowest BCUT2D eigenvalue weighted by molar-refractivity contribution is -0.386. The van der Waals surface area contributed by atoms with Gasteiger partial charge in [0.1, 0.15) is 5.75 Å². The minimum absolute atomic E-state index is 0.0259. The number of Topliss-reactive ketones (excluding diaryl/α,β-unsaturated/α-hetero) is 1. The van der Waals surface area contributed by atoms with Gasteiger partial charge in [0, 0.05) is 36.1 Å². The molecule has 33 heavy (non-hydrogen) atoms. The molecule has 1 aliphatic carbocycles. The summed E-state index contributed by atoms with van der Waals surface area (Å²) >= 11 is 0. The molecule has 9 heteroatoms. The fourth-order valence-corrected chi connectivity index (χ4v) is 4.60. The maximum atomic E-state index is 13.3. The number of benzene rings is 2. The van der Waals surface area contributed by atoms with Crippen molar-refractivity contribution in [3.63, 3.8) is 0 Å². The van der Waals surface area contributed by atoms with Gasteiger partial charge in [-0.05, 0) is 48.6 Å². The van der Waals surface area contributed by atoms with Crippen LogP contribution >= 0.6 is 0 Å². The minimum Gasteiger partial charge on any atom is -0.500 e. The molecule has 0 saturated carbocycles. The summed E-state index contributed by atoms with van der Waals surface area (Å²) in [4.78, 5) is 36.6. The maximum absolute atomic E-state index is 13.3. The summed E-state index contributed by atoms with van der Waals surface area (Å²) < 4.78 is 10.7. The molecule has 0 bridgehead atoms. The van der Waals surface area contributed by atoms with Crippen molar-refractivity contribution < 1.29 is 29.1 Å². The number of methoxy groups -OCH3 is 1. The number of rotatable bonds is 6. The van der Waals surface area contributed by atoms with Crippen LogP contribution in [0.25, 0.3) is 0 Å². The molecule has 1 heterocycles. The Hall–Kier alpha value is -3.88. The first-order valence-corrected chi connectivity index (χ1v) is 10.7. The minimum atomic E-state index is -0.707. The molecule has 9 nitrogen and oxygen atoms in total. The van der Waals surface area contributed by atoms with Crippen LogP contribution in [-0.2, 0) is 9.59 Å². The fourth-order valence-electron chi connectivity index (χ4n) is 4.60. The zero-order chi connectivity index (χ0) is 23.7. The number of nitro benzene ring substituents is 1. The summed E-state index contributed by atoms with van der Waals surface area (Å²) in [6.07, 6.45) is 0.674. The van der Waals surface area contributed by atoms with E-state index in [-0.39, 0.29) is 42.8 Å². The van der Waals surface area contributed by atoms with Gasteiger partial charge in [0.2, 0.25) is 11.7 Å². The molecule has 172 valence electrons. The first-order valence-electron chi connectivity index (χ1n) is 10.7. The number of nitro groups is 1. The number of hydrogen-bond acceptors (Lipinski definition) is 7. The second kappa shape index (κ2) is 8.93. The van der Waals surface area contributed by atoms with Crippen LogP contribution in [-0.4, -0.2) is 35.4 Å². The van der Waals surface area contributed by atoms with Gasteiger partial charge in [-0.2, -0.15) is 0 Å². The normalized spacial score (nSPS) is 20.2. The molecule has 2 aliphatic rings. The summed E-state index contributed by atoms with van der Waals surface area (Å²) in [6.45, 7) is 1.88. The molecule has 0 saturated heterocycles. The molecule has 1 amide bonds. The van der Waals surface area contributed by atoms with Gasteiger partial charge in [-0.15, -0.1) is 0 Å². The van der Waals surface area contributed by atoms with E-state index in [1.807, 2.05) is 24.3 Å². The van der Waals surface area contributed by atoms with Gasteiger partial charge in [-0.3, -0.25) is 19.7 Å². The average Bonchev–Trinajstić information content (AvgIpc) is 2.79.